The Morgan fingerprint density at radius 1 is 0.976 bits per heavy atom. The molecule has 1 saturated carbocycles. The average molecular weight is 557 g/mol. The summed E-state index contributed by atoms with van der Waals surface area (Å²) in [6, 6.07) is 20.9. The van der Waals surface area contributed by atoms with Crippen molar-refractivity contribution in [2.45, 2.75) is 35.6 Å². The second-order valence-electron chi connectivity index (χ2n) is 10.9. The lowest BCUT2D eigenvalue weighted by Gasteiger charge is -2.48. The number of benzene rings is 3. The third kappa shape index (κ3) is 2.94. The smallest absolute Gasteiger partial charge is 0.314 e. The van der Waals surface area contributed by atoms with E-state index in [1.807, 2.05) is 60.7 Å². The number of nitrogens with zero attached hydrogens (tertiary/aromatic N) is 2. The van der Waals surface area contributed by atoms with Crippen molar-refractivity contribution >= 4 is 11.8 Å². The number of hydrogen-bond donors (Lipinski definition) is 1. The maximum atomic E-state index is 13.9. The van der Waals surface area contributed by atoms with Gasteiger partial charge in [-0.2, -0.15) is 0 Å². The number of carbonyl (C=O) groups excluding carboxylic acids is 1. The summed E-state index contributed by atoms with van der Waals surface area (Å²) in [6.07, 6.45) is 1.52. The highest BCUT2D eigenvalue weighted by molar-refractivity contribution is 5.92. The number of hydrogen-bond acceptors (Lipinski definition) is 9. The standard InChI is InChI=1S/C32H32N2O7/c1-37-21-14-12-20(13-15-21)30-26(19-9-6-5-7-10-19)28(29(35)40-4)32(36)31(30,34-16-8-11-25(34)33-32)27-23(39-3)17-22(38-2)18-24(27)41-30/h5-7,9-10,12-15,17-18,26,28,36H,8,11,16H2,1-4H3/t26-,28+,30+,31-,32-/m1/s1. The number of methoxy groups -OCH3 is 4. The molecule has 5 atom stereocenters. The molecular weight excluding hydrogens is 524 g/mol. The molecule has 3 aromatic carbocycles. The number of ether oxygens (including phenoxy) is 5. The minimum Gasteiger partial charge on any atom is -0.497 e. The molecule has 212 valence electrons. The highest BCUT2D eigenvalue weighted by atomic mass is 16.5. The molecule has 9 heteroatoms. The molecule has 0 amide bonds. The van der Waals surface area contributed by atoms with Gasteiger partial charge in [0.25, 0.3) is 0 Å². The van der Waals surface area contributed by atoms with Crippen molar-refractivity contribution in [2.24, 2.45) is 10.9 Å². The summed E-state index contributed by atoms with van der Waals surface area (Å²) in [4.78, 5) is 21.1. The van der Waals surface area contributed by atoms with Gasteiger partial charge in [0.2, 0.25) is 5.72 Å². The van der Waals surface area contributed by atoms with Gasteiger partial charge in [-0.3, -0.25) is 4.79 Å². The normalized spacial score (nSPS) is 30.5. The van der Waals surface area contributed by atoms with E-state index >= 15 is 0 Å². The van der Waals surface area contributed by atoms with Crippen molar-refractivity contribution in [2.75, 3.05) is 35.0 Å². The number of aliphatic imine (C=N–C) groups is 1. The predicted octanol–water partition coefficient (Wildman–Crippen LogP) is 3.98. The van der Waals surface area contributed by atoms with Crippen LogP contribution < -0.4 is 18.9 Å². The monoisotopic (exact) mass is 556 g/mol. The maximum Gasteiger partial charge on any atom is 0.314 e. The molecule has 3 heterocycles. The van der Waals surface area contributed by atoms with E-state index in [9.17, 15) is 9.90 Å². The van der Waals surface area contributed by atoms with Gasteiger partial charge in [-0.25, -0.2) is 4.99 Å². The Morgan fingerprint density at radius 2 is 1.71 bits per heavy atom. The van der Waals surface area contributed by atoms with Crippen molar-refractivity contribution in [3.63, 3.8) is 0 Å². The topological polar surface area (TPSA) is 99.1 Å². The van der Waals surface area contributed by atoms with E-state index in [1.165, 1.54) is 7.11 Å². The predicted molar refractivity (Wildman–Crippen MR) is 150 cm³/mol. The fraction of sp³-hybridized carbons (Fsp3) is 0.375. The molecule has 0 aromatic heterocycles. The van der Waals surface area contributed by atoms with Crippen LogP contribution >= 0.6 is 0 Å². The van der Waals surface area contributed by atoms with Crippen LogP contribution in [0, 0.1) is 5.92 Å². The molecule has 1 spiro atoms. The fourth-order valence-corrected chi connectivity index (χ4v) is 7.97. The summed E-state index contributed by atoms with van der Waals surface area (Å²) in [7, 11) is 6.13. The molecule has 3 aliphatic heterocycles. The summed E-state index contributed by atoms with van der Waals surface area (Å²) >= 11 is 0. The van der Waals surface area contributed by atoms with Gasteiger partial charge in [-0.1, -0.05) is 42.5 Å². The van der Waals surface area contributed by atoms with Crippen LogP contribution in [0.3, 0.4) is 0 Å². The van der Waals surface area contributed by atoms with Gasteiger partial charge in [-0.15, -0.1) is 0 Å². The molecule has 4 aliphatic rings. The van der Waals surface area contributed by atoms with E-state index in [1.54, 1.807) is 27.4 Å². The van der Waals surface area contributed by atoms with Gasteiger partial charge in [0, 0.05) is 31.0 Å². The number of rotatable bonds is 6. The van der Waals surface area contributed by atoms with E-state index < -0.39 is 34.7 Å². The lowest BCUT2D eigenvalue weighted by Crippen LogP contribution is -2.63. The zero-order valence-electron chi connectivity index (χ0n) is 23.4. The first-order chi connectivity index (χ1) is 19.9. The van der Waals surface area contributed by atoms with Crippen LogP contribution in [0.4, 0.5) is 0 Å². The zero-order chi connectivity index (χ0) is 28.6. The van der Waals surface area contributed by atoms with Crippen LogP contribution in [0.15, 0.2) is 71.7 Å². The lowest BCUT2D eigenvalue weighted by molar-refractivity contribution is -0.161. The zero-order valence-corrected chi connectivity index (χ0v) is 23.4. The molecule has 0 radical (unpaired) electrons. The molecule has 1 aliphatic carbocycles. The summed E-state index contributed by atoms with van der Waals surface area (Å²) in [5.41, 5.74) is -2.46. The van der Waals surface area contributed by atoms with Gasteiger partial charge in [0.05, 0.1) is 34.0 Å². The summed E-state index contributed by atoms with van der Waals surface area (Å²) in [6.45, 7) is 0.617. The largest absolute Gasteiger partial charge is 0.497 e. The molecule has 1 N–H and O–H groups in total. The van der Waals surface area contributed by atoms with E-state index in [0.717, 1.165) is 23.4 Å². The summed E-state index contributed by atoms with van der Waals surface area (Å²) in [5, 5.41) is 13.2. The Labute approximate surface area is 238 Å². The first kappa shape index (κ1) is 25.7. The van der Waals surface area contributed by atoms with Crippen LogP contribution in [0.1, 0.15) is 35.4 Å². The number of amidine groups is 1. The molecule has 7 rings (SSSR count). The number of carbonyl (C=O) groups is 1. The van der Waals surface area contributed by atoms with Crippen LogP contribution in [-0.4, -0.2) is 62.5 Å². The number of fused-ring (bicyclic) bond motifs is 2. The van der Waals surface area contributed by atoms with E-state index in [0.29, 0.717) is 41.5 Å². The Bertz CT molecular complexity index is 1560. The van der Waals surface area contributed by atoms with E-state index in [4.69, 9.17) is 28.7 Å². The SMILES string of the molecule is COC(=O)[C@@H]1[C@@H](c2ccccc2)[C@]2(c3ccc(OC)cc3)Oc3cc(OC)cc(OC)c3[C@@]23N2CCCC2=N[C@@]13O. The molecular formula is C32H32N2O7. The van der Waals surface area contributed by atoms with Crippen LogP contribution in [-0.2, 0) is 20.7 Å². The minimum atomic E-state index is -1.95. The van der Waals surface area contributed by atoms with Gasteiger partial charge in [-0.05, 0) is 29.7 Å². The van der Waals surface area contributed by atoms with Crippen molar-refractivity contribution in [1.29, 1.82) is 0 Å². The molecule has 1 saturated heterocycles. The minimum absolute atomic E-state index is 0.480. The van der Waals surface area contributed by atoms with E-state index in [2.05, 4.69) is 4.90 Å². The van der Waals surface area contributed by atoms with Crippen LogP contribution in [0.25, 0.3) is 0 Å². The first-order valence-corrected chi connectivity index (χ1v) is 13.7. The van der Waals surface area contributed by atoms with Gasteiger partial charge in [0.15, 0.2) is 11.1 Å². The van der Waals surface area contributed by atoms with Gasteiger partial charge >= 0.3 is 5.97 Å². The molecule has 0 unspecified atom stereocenters. The summed E-state index contributed by atoms with van der Waals surface area (Å²) in [5.74, 6) is 0.570. The van der Waals surface area contributed by atoms with Crippen molar-refractivity contribution in [1.82, 2.24) is 4.90 Å². The molecule has 41 heavy (non-hydrogen) atoms. The van der Waals surface area contributed by atoms with Gasteiger partial charge in [0.1, 0.15) is 34.8 Å². The molecule has 0 bridgehead atoms. The van der Waals surface area contributed by atoms with Crippen molar-refractivity contribution in [3.05, 3.63) is 83.4 Å². The Hall–Kier alpha value is -4.24. The highest BCUT2D eigenvalue weighted by Gasteiger charge is 2.89. The number of aliphatic hydroxyl groups is 1. The van der Waals surface area contributed by atoms with Crippen molar-refractivity contribution < 1.29 is 33.6 Å². The molecule has 3 aromatic rings. The Morgan fingerprint density at radius 3 is 2.37 bits per heavy atom. The third-order valence-corrected chi connectivity index (χ3v) is 9.33. The van der Waals surface area contributed by atoms with E-state index in [-0.39, 0.29) is 0 Å². The Balaban J connectivity index is 1.67. The first-order valence-electron chi connectivity index (χ1n) is 13.7. The van der Waals surface area contributed by atoms with Crippen LogP contribution in [0.5, 0.6) is 23.0 Å². The number of esters is 1. The van der Waals surface area contributed by atoms with Crippen molar-refractivity contribution in [3.8, 4) is 23.0 Å². The maximum absolute atomic E-state index is 13.9. The molecule has 9 nitrogen and oxygen atoms in total. The second kappa shape index (κ2) is 8.88. The Kier molecular flexibility index (Phi) is 5.57. The van der Waals surface area contributed by atoms with Crippen LogP contribution in [0.2, 0.25) is 0 Å². The third-order valence-electron chi connectivity index (χ3n) is 9.33. The quantitative estimate of drug-likeness (QED) is 0.456. The average Bonchev–Trinajstić information content (AvgIpc) is 3.70. The fourth-order valence-electron chi connectivity index (χ4n) is 7.97. The second-order valence-corrected chi connectivity index (χ2v) is 10.9. The van der Waals surface area contributed by atoms with Gasteiger partial charge < -0.3 is 33.7 Å². The summed E-state index contributed by atoms with van der Waals surface area (Å²) < 4.78 is 29.8. The highest BCUT2D eigenvalue weighted by Crippen LogP contribution is 2.77. The molecule has 2 fully saturated rings. The lowest BCUT2D eigenvalue weighted by atomic mass is 9.67.